The lowest BCUT2D eigenvalue weighted by molar-refractivity contribution is -0.778. The molecule has 2 N–H and O–H groups in total. The number of hydrogen-bond acceptors (Lipinski definition) is 6. The molecule has 0 aliphatic heterocycles. The zero-order valence-electron chi connectivity index (χ0n) is 16.9. The van der Waals surface area contributed by atoms with E-state index < -0.39 is 5.97 Å². The van der Waals surface area contributed by atoms with Crippen LogP contribution in [0.15, 0.2) is 52.6 Å². The third kappa shape index (κ3) is 4.43. The Labute approximate surface area is 196 Å². The van der Waals surface area contributed by atoms with E-state index in [4.69, 9.17) is 27.9 Å². The van der Waals surface area contributed by atoms with E-state index in [0.717, 1.165) is 28.6 Å². The minimum atomic E-state index is -1.15. The van der Waals surface area contributed by atoms with Crippen molar-refractivity contribution in [1.82, 2.24) is 25.1 Å². The van der Waals surface area contributed by atoms with Gasteiger partial charge in [0, 0.05) is 24.4 Å². The van der Waals surface area contributed by atoms with E-state index in [-0.39, 0.29) is 5.69 Å². The maximum Gasteiger partial charge on any atom is 0.388 e. The predicted octanol–water partition coefficient (Wildman–Crippen LogP) is 3.71. The lowest BCUT2D eigenvalue weighted by Crippen LogP contribution is -2.38. The van der Waals surface area contributed by atoms with Gasteiger partial charge in [-0.2, -0.15) is 0 Å². The molecule has 9 nitrogen and oxygen atoms in total. The van der Waals surface area contributed by atoms with E-state index in [2.05, 4.69) is 20.5 Å². The van der Waals surface area contributed by atoms with Gasteiger partial charge in [0.2, 0.25) is 0 Å². The number of aromatic carboxylic acids is 1. The number of rotatable bonds is 7. The molecule has 2 aromatic carbocycles. The van der Waals surface area contributed by atoms with Gasteiger partial charge in [-0.3, -0.25) is 0 Å². The Morgan fingerprint density at radius 3 is 2.59 bits per heavy atom. The van der Waals surface area contributed by atoms with E-state index in [1.54, 1.807) is 41.6 Å². The number of aromatic amines is 1. The second-order valence-electron chi connectivity index (χ2n) is 6.70. The van der Waals surface area contributed by atoms with Crippen LogP contribution in [-0.4, -0.2) is 43.3 Å². The van der Waals surface area contributed by atoms with Crippen molar-refractivity contribution < 1.29 is 19.3 Å². The number of nitrogens with one attached hydrogen (secondary N) is 1. The summed E-state index contributed by atoms with van der Waals surface area (Å²) in [5.74, 6) is 0.148. The summed E-state index contributed by atoms with van der Waals surface area (Å²) in [6.45, 7) is 0.379. The van der Waals surface area contributed by atoms with Gasteiger partial charge >= 0.3 is 11.7 Å². The highest BCUT2D eigenvalue weighted by Gasteiger charge is 2.30. The second kappa shape index (κ2) is 9.19. The molecule has 0 fully saturated rings. The fourth-order valence-corrected chi connectivity index (χ4v) is 4.19. The largest absolute Gasteiger partial charge is 0.497 e. The van der Waals surface area contributed by atoms with Gasteiger partial charge in [0.1, 0.15) is 12.3 Å². The normalized spacial score (nSPS) is 11.0. The van der Waals surface area contributed by atoms with E-state index in [1.807, 2.05) is 24.3 Å². The average molecular weight is 492 g/mol. The smallest absolute Gasteiger partial charge is 0.388 e. The molecule has 2 aromatic heterocycles. The summed E-state index contributed by atoms with van der Waals surface area (Å²) < 4.78 is 8.57. The van der Waals surface area contributed by atoms with Gasteiger partial charge < -0.3 is 14.4 Å². The van der Waals surface area contributed by atoms with Crippen LogP contribution >= 0.6 is 35.0 Å². The van der Waals surface area contributed by atoms with Crippen LogP contribution in [-0.2, 0) is 13.6 Å². The van der Waals surface area contributed by atoms with Crippen LogP contribution in [0.5, 0.6) is 5.75 Å². The molecule has 2 heterocycles. The van der Waals surface area contributed by atoms with Gasteiger partial charge in [0.25, 0.3) is 5.03 Å². The molecule has 0 aliphatic rings. The number of carboxylic acid groups (broad SMARTS) is 1. The van der Waals surface area contributed by atoms with E-state index in [0.29, 0.717) is 32.6 Å². The van der Waals surface area contributed by atoms with Gasteiger partial charge in [0.15, 0.2) is 11.0 Å². The van der Waals surface area contributed by atoms with Crippen LogP contribution < -0.4 is 9.42 Å². The predicted molar refractivity (Wildman–Crippen MR) is 118 cm³/mol. The first-order chi connectivity index (χ1) is 15.4. The van der Waals surface area contributed by atoms with Gasteiger partial charge in [-0.05, 0) is 35.9 Å². The number of aromatic nitrogens is 6. The maximum atomic E-state index is 11.7. The number of halogens is 2. The number of H-pyrrole nitrogens is 1. The third-order valence-electron chi connectivity index (χ3n) is 4.63. The number of methoxy groups -OCH3 is 1. The Kier molecular flexibility index (Phi) is 6.35. The topological polar surface area (TPSA) is 110 Å². The molecule has 12 heteroatoms. The summed E-state index contributed by atoms with van der Waals surface area (Å²) in [6, 6.07) is 12.6. The van der Waals surface area contributed by atoms with Crippen LogP contribution in [0.3, 0.4) is 0 Å². The summed E-state index contributed by atoms with van der Waals surface area (Å²) in [6.07, 6.45) is 0. The minimum absolute atomic E-state index is 0.109. The zero-order chi connectivity index (χ0) is 22.8. The summed E-state index contributed by atoms with van der Waals surface area (Å²) in [4.78, 5) is 11.7. The Bertz CT molecular complexity index is 1290. The first-order valence-corrected chi connectivity index (χ1v) is 10.8. The minimum Gasteiger partial charge on any atom is -0.497 e. The van der Waals surface area contributed by atoms with Crippen molar-refractivity contribution in [3.63, 3.8) is 0 Å². The average Bonchev–Trinajstić information content (AvgIpc) is 3.35. The van der Waals surface area contributed by atoms with Crippen LogP contribution in [0.2, 0.25) is 10.0 Å². The van der Waals surface area contributed by atoms with Crippen molar-refractivity contribution in [3.05, 3.63) is 63.8 Å². The zero-order valence-corrected chi connectivity index (χ0v) is 19.2. The summed E-state index contributed by atoms with van der Waals surface area (Å²) in [5.41, 5.74) is 1.56. The highest BCUT2D eigenvalue weighted by molar-refractivity contribution is 7.99. The molecule has 0 bridgehead atoms. The summed E-state index contributed by atoms with van der Waals surface area (Å²) in [7, 11) is 3.38. The maximum absolute atomic E-state index is 11.7. The Morgan fingerprint density at radius 1 is 1.19 bits per heavy atom. The Balaban J connectivity index is 1.66. The van der Waals surface area contributed by atoms with E-state index in [9.17, 15) is 9.90 Å². The van der Waals surface area contributed by atoms with Crippen molar-refractivity contribution >= 4 is 40.9 Å². The Hall–Kier alpha value is -3.08. The fourth-order valence-electron chi connectivity index (χ4n) is 2.97. The van der Waals surface area contributed by atoms with E-state index >= 15 is 0 Å². The molecule has 0 amide bonds. The number of carbonyl (C=O) groups is 1. The van der Waals surface area contributed by atoms with E-state index in [1.165, 1.54) is 0 Å². The molecule has 0 saturated heterocycles. The lowest BCUT2D eigenvalue weighted by atomic mass is 10.2. The number of nitrogens with zero attached hydrogens (tertiary/aromatic N) is 5. The van der Waals surface area contributed by atoms with Crippen molar-refractivity contribution in [2.45, 2.75) is 16.7 Å². The SMILES string of the molecule is COc1ccc(C[n+]2[nH]nc(C(=O)O)c2Sc2nnc(-c3ccc(Cl)c(Cl)c3)n2C)cc1. The molecule has 0 atom stereocenters. The molecular formula is C20H17Cl2N6O3S+. The number of benzene rings is 2. The van der Waals surface area contributed by atoms with Gasteiger partial charge in [-0.1, -0.05) is 40.5 Å². The van der Waals surface area contributed by atoms with Crippen molar-refractivity contribution in [2.24, 2.45) is 7.05 Å². The first-order valence-electron chi connectivity index (χ1n) is 9.24. The fraction of sp³-hybridized carbons (Fsp3) is 0.150. The molecule has 0 unspecified atom stereocenters. The monoisotopic (exact) mass is 491 g/mol. The quantitative estimate of drug-likeness (QED) is 0.379. The van der Waals surface area contributed by atoms with Gasteiger partial charge in [-0.25, -0.2) is 4.79 Å². The molecule has 0 aliphatic carbocycles. The number of hydrogen-bond donors (Lipinski definition) is 2. The molecule has 0 spiro atoms. The molecule has 4 aromatic rings. The number of ether oxygens (including phenoxy) is 1. The molecule has 0 radical (unpaired) electrons. The summed E-state index contributed by atoms with van der Waals surface area (Å²) in [5, 5.41) is 26.5. The first kappa shape index (κ1) is 22.1. The molecule has 4 rings (SSSR count). The molecular weight excluding hydrogens is 475 g/mol. The van der Waals surface area contributed by atoms with Gasteiger partial charge in [0.05, 0.1) is 22.3 Å². The van der Waals surface area contributed by atoms with Crippen LogP contribution in [0, 0.1) is 0 Å². The lowest BCUT2D eigenvalue weighted by Gasteiger charge is -2.05. The summed E-state index contributed by atoms with van der Waals surface area (Å²) >= 11 is 13.3. The standard InChI is InChI=1S/C20H16Cl2N6O3S/c1-27-17(12-5-8-14(21)15(22)9-12)24-25-20(27)32-18-16(19(29)30)23-26-28(18)10-11-3-6-13(31-2)7-4-11/h3-9H,10H2,1-2H3,(H,29,30)/p+1. The molecule has 164 valence electrons. The number of carboxylic acids is 1. The highest BCUT2D eigenvalue weighted by atomic mass is 35.5. The van der Waals surface area contributed by atoms with Crippen LogP contribution in [0.4, 0.5) is 0 Å². The van der Waals surface area contributed by atoms with Crippen LogP contribution in [0.25, 0.3) is 11.4 Å². The third-order valence-corrected chi connectivity index (χ3v) is 6.52. The molecule has 0 saturated carbocycles. The highest BCUT2D eigenvalue weighted by Crippen LogP contribution is 2.31. The van der Waals surface area contributed by atoms with Gasteiger partial charge in [-0.15, -0.1) is 14.9 Å². The second-order valence-corrected chi connectivity index (χ2v) is 8.47. The van der Waals surface area contributed by atoms with Crippen molar-refractivity contribution in [2.75, 3.05) is 7.11 Å². The Morgan fingerprint density at radius 2 is 1.94 bits per heavy atom. The van der Waals surface area contributed by atoms with Crippen LogP contribution in [0.1, 0.15) is 16.1 Å². The molecule has 32 heavy (non-hydrogen) atoms. The van der Waals surface area contributed by atoms with Crippen molar-refractivity contribution in [3.8, 4) is 17.1 Å². The van der Waals surface area contributed by atoms with Crippen molar-refractivity contribution in [1.29, 1.82) is 0 Å².